The number of nitro groups is 1. The summed E-state index contributed by atoms with van der Waals surface area (Å²) in [6.07, 6.45) is 1.87. The molecule has 0 amide bonds. The van der Waals surface area contributed by atoms with Crippen LogP contribution in [-0.2, 0) is 16.6 Å². The summed E-state index contributed by atoms with van der Waals surface area (Å²) < 4.78 is 43.9. The predicted molar refractivity (Wildman–Crippen MR) is 104 cm³/mol. The number of non-ortho nitro benzene ring substituents is 1. The molecular weight excluding hydrogens is 397 g/mol. The third kappa shape index (κ3) is 3.32. The highest BCUT2D eigenvalue weighted by Gasteiger charge is 2.38. The van der Waals surface area contributed by atoms with Gasteiger partial charge in [-0.2, -0.15) is 4.31 Å². The van der Waals surface area contributed by atoms with Crippen LogP contribution in [0.5, 0.6) is 0 Å². The fourth-order valence-corrected chi connectivity index (χ4v) is 5.54. The zero-order chi connectivity index (χ0) is 20.8. The van der Waals surface area contributed by atoms with Gasteiger partial charge in [-0.3, -0.25) is 10.1 Å². The zero-order valence-electron chi connectivity index (χ0n) is 15.5. The first kappa shape index (κ1) is 19.3. The molecule has 1 aliphatic heterocycles. The Bertz CT molecular complexity index is 1190. The Morgan fingerprint density at radius 2 is 1.83 bits per heavy atom. The van der Waals surface area contributed by atoms with E-state index in [0.717, 1.165) is 11.8 Å². The van der Waals surface area contributed by atoms with Crippen LogP contribution in [0.3, 0.4) is 0 Å². The largest absolute Gasteiger partial charge is 0.348 e. The molecule has 0 saturated carbocycles. The van der Waals surface area contributed by atoms with Crippen molar-refractivity contribution < 1.29 is 17.7 Å². The molecule has 9 heteroatoms. The Kier molecular flexibility index (Phi) is 4.71. The Labute approximate surface area is 167 Å². The number of nitro benzene ring substituents is 1. The Morgan fingerprint density at radius 3 is 2.52 bits per heavy atom. The van der Waals surface area contributed by atoms with Gasteiger partial charge >= 0.3 is 0 Å². The fourth-order valence-electron chi connectivity index (χ4n) is 3.71. The SMILES string of the molecule is Cc1ccc([N+](=O)[O-])cc1S(=O)(=O)N1CCn2cccc2C1c1ccc(F)cc1. The van der Waals surface area contributed by atoms with Gasteiger partial charge in [0.05, 0.1) is 15.9 Å². The van der Waals surface area contributed by atoms with E-state index in [2.05, 4.69) is 0 Å². The molecule has 29 heavy (non-hydrogen) atoms. The first-order valence-corrected chi connectivity index (χ1v) is 10.4. The second-order valence-corrected chi connectivity index (χ2v) is 8.76. The maximum atomic E-state index is 13.6. The molecular formula is C20H18FN3O4S. The van der Waals surface area contributed by atoms with Crippen molar-refractivity contribution in [3.8, 4) is 0 Å². The summed E-state index contributed by atoms with van der Waals surface area (Å²) >= 11 is 0. The average Bonchev–Trinajstić information content (AvgIpc) is 3.16. The molecule has 3 aromatic rings. The summed E-state index contributed by atoms with van der Waals surface area (Å²) in [6.45, 7) is 2.25. The molecule has 4 rings (SSSR count). The maximum Gasteiger partial charge on any atom is 0.270 e. The molecule has 0 bridgehead atoms. The third-order valence-corrected chi connectivity index (χ3v) is 7.16. The molecule has 0 saturated heterocycles. The van der Waals surface area contributed by atoms with E-state index in [1.165, 1.54) is 28.6 Å². The number of hydrogen-bond donors (Lipinski definition) is 0. The highest BCUT2D eigenvalue weighted by molar-refractivity contribution is 7.89. The van der Waals surface area contributed by atoms with Crippen LogP contribution in [0.25, 0.3) is 0 Å². The molecule has 0 aliphatic carbocycles. The molecule has 0 spiro atoms. The van der Waals surface area contributed by atoms with Crippen molar-refractivity contribution in [3.05, 3.63) is 93.5 Å². The normalized spacial score (nSPS) is 17.1. The Morgan fingerprint density at radius 1 is 1.10 bits per heavy atom. The van der Waals surface area contributed by atoms with Crippen molar-refractivity contribution in [3.63, 3.8) is 0 Å². The minimum absolute atomic E-state index is 0.0983. The van der Waals surface area contributed by atoms with E-state index >= 15 is 0 Å². The van der Waals surface area contributed by atoms with Crippen LogP contribution in [-0.4, -0.2) is 28.8 Å². The molecule has 2 aromatic carbocycles. The number of nitrogens with zero attached hydrogens (tertiary/aromatic N) is 3. The molecule has 150 valence electrons. The van der Waals surface area contributed by atoms with Gasteiger partial charge in [0.15, 0.2) is 0 Å². The van der Waals surface area contributed by atoms with Crippen LogP contribution in [0, 0.1) is 22.9 Å². The van der Waals surface area contributed by atoms with Gasteiger partial charge in [-0.15, -0.1) is 0 Å². The van der Waals surface area contributed by atoms with E-state index in [-0.39, 0.29) is 17.1 Å². The molecule has 7 nitrogen and oxygen atoms in total. The number of rotatable bonds is 4. The summed E-state index contributed by atoms with van der Waals surface area (Å²) in [5, 5.41) is 11.2. The highest BCUT2D eigenvalue weighted by atomic mass is 32.2. The number of benzene rings is 2. The van der Waals surface area contributed by atoms with Gasteiger partial charge in [0.2, 0.25) is 10.0 Å². The quantitative estimate of drug-likeness (QED) is 0.481. The maximum absolute atomic E-state index is 13.6. The van der Waals surface area contributed by atoms with Gasteiger partial charge in [-0.25, -0.2) is 12.8 Å². The van der Waals surface area contributed by atoms with Crippen molar-refractivity contribution in [1.82, 2.24) is 8.87 Å². The number of aromatic nitrogens is 1. The average molecular weight is 415 g/mol. The van der Waals surface area contributed by atoms with E-state index in [4.69, 9.17) is 0 Å². The second kappa shape index (κ2) is 7.09. The molecule has 1 atom stereocenters. The first-order valence-electron chi connectivity index (χ1n) is 8.96. The Hall–Kier alpha value is -3.04. The van der Waals surface area contributed by atoms with E-state index in [1.807, 2.05) is 22.9 Å². The monoisotopic (exact) mass is 415 g/mol. The van der Waals surface area contributed by atoms with Crippen molar-refractivity contribution in [2.45, 2.75) is 24.4 Å². The Balaban J connectivity index is 1.87. The van der Waals surface area contributed by atoms with Gasteiger partial charge in [0.25, 0.3) is 5.69 Å². The van der Waals surface area contributed by atoms with Crippen molar-refractivity contribution in [2.75, 3.05) is 6.54 Å². The lowest BCUT2D eigenvalue weighted by molar-refractivity contribution is -0.385. The van der Waals surface area contributed by atoms with Gasteiger partial charge in [-0.1, -0.05) is 18.2 Å². The van der Waals surface area contributed by atoms with Crippen molar-refractivity contribution in [1.29, 1.82) is 0 Å². The summed E-state index contributed by atoms with van der Waals surface area (Å²) in [5.74, 6) is -0.413. The number of halogens is 1. The number of hydrogen-bond acceptors (Lipinski definition) is 4. The van der Waals surface area contributed by atoms with Crippen molar-refractivity contribution in [2.24, 2.45) is 0 Å². The van der Waals surface area contributed by atoms with Gasteiger partial charge in [0.1, 0.15) is 5.82 Å². The van der Waals surface area contributed by atoms with E-state index in [9.17, 15) is 22.9 Å². The third-order valence-electron chi connectivity index (χ3n) is 5.15. The lowest BCUT2D eigenvalue weighted by Crippen LogP contribution is -2.42. The highest BCUT2D eigenvalue weighted by Crippen LogP contribution is 2.37. The van der Waals surface area contributed by atoms with Crippen LogP contribution in [0.2, 0.25) is 0 Å². The number of fused-ring (bicyclic) bond motifs is 1. The molecule has 0 N–H and O–H groups in total. The van der Waals surface area contributed by atoms with Crippen LogP contribution < -0.4 is 0 Å². The smallest absolute Gasteiger partial charge is 0.270 e. The van der Waals surface area contributed by atoms with Gasteiger partial charge in [-0.05, 0) is 42.3 Å². The molecule has 2 heterocycles. The summed E-state index contributed by atoms with van der Waals surface area (Å²) in [5.41, 5.74) is 1.52. The van der Waals surface area contributed by atoms with Crippen LogP contribution in [0.4, 0.5) is 10.1 Å². The van der Waals surface area contributed by atoms with E-state index in [0.29, 0.717) is 17.7 Å². The summed E-state index contributed by atoms with van der Waals surface area (Å²) in [7, 11) is -4.05. The summed E-state index contributed by atoms with van der Waals surface area (Å²) in [6, 6.07) is 12.5. The molecule has 1 unspecified atom stereocenters. The van der Waals surface area contributed by atoms with Crippen LogP contribution in [0.15, 0.2) is 65.7 Å². The van der Waals surface area contributed by atoms with Crippen LogP contribution >= 0.6 is 0 Å². The zero-order valence-corrected chi connectivity index (χ0v) is 16.3. The minimum atomic E-state index is -4.05. The van der Waals surface area contributed by atoms with Gasteiger partial charge < -0.3 is 4.57 Å². The lowest BCUT2D eigenvalue weighted by Gasteiger charge is -2.36. The minimum Gasteiger partial charge on any atom is -0.348 e. The summed E-state index contributed by atoms with van der Waals surface area (Å²) in [4.78, 5) is 10.5. The first-order chi connectivity index (χ1) is 13.8. The lowest BCUT2D eigenvalue weighted by atomic mass is 10.0. The predicted octanol–water partition coefficient (Wildman–Crippen LogP) is 3.64. The number of sulfonamides is 1. The van der Waals surface area contributed by atoms with Crippen molar-refractivity contribution >= 4 is 15.7 Å². The van der Waals surface area contributed by atoms with Gasteiger partial charge in [0, 0.05) is 37.1 Å². The second-order valence-electron chi connectivity index (χ2n) is 6.90. The fraction of sp³-hybridized carbons (Fsp3) is 0.200. The van der Waals surface area contributed by atoms with Crippen LogP contribution in [0.1, 0.15) is 22.9 Å². The molecule has 1 aromatic heterocycles. The van der Waals surface area contributed by atoms with E-state index < -0.39 is 26.8 Å². The molecule has 0 fully saturated rings. The van der Waals surface area contributed by atoms with E-state index in [1.54, 1.807) is 19.1 Å². The molecule has 0 radical (unpaired) electrons. The standard InChI is InChI=1S/C20H18FN3O4S/c1-14-4-9-17(24(25)26)13-19(14)29(27,28)23-12-11-22-10-2-3-18(22)20(23)15-5-7-16(21)8-6-15/h2-10,13,20H,11-12H2,1H3. The number of aryl methyl sites for hydroxylation is 1. The molecule has 1 aliphatic rings. The topological polar surface area (TPSA) is 85.4 Å².